The molecule has 3 aromatic rings. The van der Waals surface area contributed by atoms with Crippen LogP contribution in [0.5, 0.6) is 0 Å². The van der Waals surface area contributed by atoms with Gasteiger partial charge < -0.3 is 19.9 Å². The number of rotatable bonds is 5. The molecule has 4 rings (SSSR count). The van der Waals surface area contributed by atoms with Gasteiger partial charge in [0.2, 0.25) is 0 Å². The number of likely N-dealkylation sites (N-methyl/N-ethyl adjacent to an activating group) is 1. The molecule has 0 atom stereocenters. The topological polar surface area (TPSA) is 105 Å². The van der Waals surface area contributed by atoms with Crippen LogP contribution in [0.4, 0.5) is 24.5 Å². The number of hydrogen-bond donors (Lipinski definition) is 1. The van der Waals surface area contributed by atoms with Gasteiger partial charge in [-0.05, 0) is 31.3 Å². The predicted octanol–water partition coefficient (Wildman–Crippen LogP) is 3.13. The molecule has 1 amide bonds. The fourth-order valence-corrected chi connectivity index (χ4v) is 3.87. The summed E-state index contributed by atoms with van der Waals surface area (Å²) in [5.74, 6) is -1.69. The number of esters is 1. The highest BCUT2D eigenvalue weighted by molar-refractivity contribution is 6.29. The van der Waals surface area contributed by atoms with Crippen LogP contribution in [0.1, 0.15) is 26.4 Å². The zero-order valence-corrected chi connectivity index (χ0v) is 20.0. The largest absolute Gasteiger partial charge is 0.464 e. The lowest BCUT2D eigenvalue weighted by Gasteiger charge is -2.35. The molecular formula is C22H21ClF3N7O3. The average molecular weight is 524 g/mol. The number of ether oxygens (including phenoxy) is 1. The van der Waals surface area contributed by atoms with Crippen LogP contribution in [0, 0.1) is 0 Å². The monoisotopic (exact) mass is 523 g/mol. The fraction of sp³-hybridized carbons (Fsp3) is 0.318. The van der Waals surface area contributed by atoms with Crippen molar-refractivity contribution in [3.63, 3.8) is 0 Å². The second kappa shape index (κ2) is 10.1. The molecule has 10 nitrogen and oxygen atoms in total. The number of benzene rings is 1. The number of alkyl halides is 3. The van der Waals surface area contributed by atoms with Gasteiger partial charge in [-0.2, -0.15) is 13.2 Å². The summed E-state index contributed by atoms with van der Waals surface area (Å²) in [6, 6.07) is 5.57. The molecule has 0 spiro atoms. The van der Waals surface area contributed by atoms with Crippen molar-refractivity contribution in [3.05, 3.63) is 58.6 Å². The van der Waals surface area contributed by atoms with E-state index in [0.29, 0.717) is 30.5 Å². The van der Waals surface area contributed by atoms with Gasteiger partial charge in [-0.1, -0.05) is 16.8 Å². The Morgan fingerprint density at radius 3 is 2.53 bits per heavy atom. The van der Waals surface area contributed by atoms with Crippen LogP contribution in [0.15, 0.2) is 36.7 Å². The summed E-state index contributed by atoms with van der Waals surface area (Å²) in [6.45, 7) is 2.82. The lowest BCUT2D eigenvalue weighted by molar-refractivity contribution is -0.138. The molecule has 190 valence electrons. The number of amides is 1. The fourth-order valence-electron chi connectivity index (χ4n) is 3.71. The first-order valence-corrected chi connectivity index (χ1v) is 11.1. The molecule has 2 aromatic heterocycles. The van der Waals surface area contributed by atoms with E-state index in [1.165, 1.54) is 24.1 Å². The van der Waals surface area contributed by atoms with Crippen molar-refractivity contribution in [2.24, 2.45) is 0 Å². The number of carbonyl (C=O) groups excluding carboxylic acids is 2. The molecule has 1 aliphatic rings. The van der Waals surface area contributed by atoms with Crippen LogP contribution in [0.3, 0.4) is 0 Å². The first-order chi connectivity index (χ1) is 17.1. The molecule has 1 fully saturated rings. The van der Waals surface area contributed by atoms with Crippen LogP contribution in [-0.2, 0) is 10.9 Å². The number of pyridine rings is 1. The van der Waals surface area contributed by atoms with Gasteiger partial charge in [0, 0.05) is 32.4 Å². The maximum atomic E-state index is 13.6. The van der Waals surface area contributed by atoms with Gasteiger partial charge in [0.1, 0.15) is 5.15 Å². The normalized spacial score (nSPS) is 14.6. The van der Waals surface area contributed by atoms with Gasteiger partial charge in [-0.25, -0.2) is 14.5 Å². The van der Waals surface area contributed by atoms with Crippen molar-refractivity contribution in [2.75, 3.05) is 50.6 Å². The standard InChI is InChI=1S/C22H21ClF3N7O3/c1-31-5-7-32(8-6-31)18-4-3-13(33-12-17(29-30-33)21(35)36-2)9-16(18)28-20(34)14-11-27-19(23)10-15(14)22(24,25)26/h3-4,9-12H,5-8H2,1-2H3,(H,28,34). The molecule has 36 heavy (non-hydrogen) atoms. The van der Waals surface area contributed by atoms with Crippen LogP contribution >= 0.6 is 11.6 Å². The lowest BCUT2D eigenvalue weighted by Crippen LogP contribution is -2.44. The Kier molecular flexibility index (Phi) is 7.13. The Bertz CT molecular complexity index is 1290. The Morgan fingerprint density at radius 2 is 1.86 bits per heavy atom. The maximum Gasteiger partial charge on any atom is 0.417 e. The third-order valence-electron chi connectivity index (χ3n) is 5.65. The van der Waals surface area contributed by atoms with Gasteiger partial charge in [0.25, 0.3) is 5.91 Å². The minimum atomic E-state index is -4.81. The first kappa shape index (κ1) is 25.4. The number of nitrogens with zero attached hydrogens (tertiary/aromatic N) is 6. The Labute approximate surface area is 208 Å². The molecule has 1 aromatic carbocycles. The quantitative estimate of drug-likeness (QED) is 0.402. The van der Waals surface area contributed by atoms with E-state index in [1.807, 2.05) is 11.9 Å². The number of aromatic nitrogens is 4. The van der Waals surface area contributed by atoms with E-state index in [0.717, 1.165) is 19.3 Å². The molecule has 0 radical (unpaired) electrons. The van der Waals surface area contributed by atoms with Crippen LogP contribution in [0.25, 0.3) is 5.69 Å². The summed E-state index contributed by atoms with van der Waals surface area (Å²) < 4.78 is 46.7. The van der Waals surface area contributed by atoms with E-state index in [2.05, 4.69) is 30.2 Å². The van der Waals surface area contributed by atoms with Crippen molar-refractivity contribution in [1.82, 2.24) is 24.9 Å². The number of piperazine rings is 1. The summed E-state index contributed by atoms with van der Waals surface area (Å²) in [4.78, 5) is 32.6. The number of nitrogens with one attached hydrogen (secondary N) is 1. The molecule has 0 bridgehead atoms. The van der Waals surface area contributed by atoms with Crippen molar-refractivity contribution in [3.8, 4) is 5.69 Å². The SMILES string of the molecule is COC(=O)c1cn(-c2ccc(N3CCN(C)CC3)c(NC(=O)c3cnc(Cl)cc3C(F)(F)F)c2)nn1. The molecule has 0 unspecified atom stereocenters. The highest BCUT2D eigenvalue weighted by atomic mass is 35.5. The molecule has 3 heterocycles. The van der Waals surface area contributed by atoms with Crippen LogP contribution in [0.2, 0.25) is 5.15 Å². The third kappa shape index (κ3) is 5.41. The van der Waals surface area contributed by atoms with E-state index in [-0.39, 0.29) is 16.5 Å². The molecular weight excluding hydrogens is 503 g/mol. The molecule has 1 N–H and O–H groups in total. The zero-order chi connectivity index (χ0) is 26.0. The van der Waals surface area contributed by atoms with E-state index in [9.17, 15) is 22.8 Å². The number of carbonyl (C=O) groups is 2. The van der Waals surface area contributed by atoms with Crippen LogP contribution < -0.4 is 10.2 Å². The van der Waals surface area contributed by atoms with Crippen molar-refractivity contribution >= 4 is 34.9 Å². The van der Waals surface area contributed by atoms with Crippen molar-refractivity contribution < 1.29 is 27.5 Å². The van der Waals surface area contributed by atoms with Gasteiger partial charge in [-0.3, -0.25) is 4.79 Å². The van der Waals surface area contributed by atoms with E-state index in [1.54, 1.807) is 12.1 Å². The van der Waals surface area contributed by atoms with E-state index in [4.69, 9.17) is 11.6 Å². The minimum absolute atomic E-state index is 0.0340. The number of methoxy groups -OCH3 is 1. The first-order valence-electron chi connectivity index (χ1n) is 10.7. The Balaban J connectivity index is 1.73. The summed E-state index contributed by atoms with van der Waals surface area (Å²) in [6.07, 6.45) is -2.68. The highest BCUT2D eigenvalue weighted by Crippen LogP contribution is 2.35. The predicted molar refractivity (Wildman–Crippen MR) is 125 cm³/mol. The van der Waals surface area contributed by atoms with Crippen molar-refractivity contribution in [1.29, 1.82) is 0 Å². The van der Waals surface area contributed by atoms with Crippen molar-refractivity contribution in [2.45, 2.75) is 6.18 Å². The number of halogens is 4. The maximum absolute atomic E-state index is 13.6. The van der Waals surface area contributed by atoms with Gasteiger partial charge in [0.05, 0.1) is 41.5 Å². The smallest absolute Gasteiger partial charge is 0.417 e. The minimum Gasteiger partial charge on any atom is -0.464 e. The third-order valence-corrected chi connectivity index (χ3v) is 5.85. The van der Waals surface area contributed by atoms with Gasteiger partial charge in [-0.15, -0.1) is 5.10 Å². The molecule has 1 aliphatic heterocycles. The summed E-state index contributed by atoms with van der Waals surface area (Å²) in [5, 5.41) is 9.86. The van der Waals surface area contributed by atoms with E-state index >= 15 is 0 Å². The molecule has 14 heteroatoms. The Hall–Kier alpha value is -3.71. The summed E-state index contributed by atoms with van der Waals surface area (Å²) >= 11 is 5.65. The number of hydrogen-bond acceptors (Lipinski definition) is 8. The van der Waals surface area contributed by atoms with Crippen LogP contribution in [-0.4, -0.2) is 77.1 Å². The average Bonchev–Trinajstić information content (AvgIpc) is 3.34. The summed E-state index contributed by atoms with van der Waals surface area (Å²) in [5.41, 5.74) is -0.625. The lowest BCUT2D eigenvalue weighted by atomic mass is 10.1. The highest BCUT2D eigenvalue weighted by Gasteiger charge is 2.36. The molecule has 0 saturated carbocycles. The molecule has 1 saturated heterocycles. The summed E-state index contributed by atoms with van der Waals surface area (Å²) in [7, 11) is 3.19. The second-order valence-electron chi connectivity index (χ2n) is 8.04. The Morgan fingerprint density at radius 1 is 1.14 bits per heavy atom. The van der Waals surface area contributed by atoms with Gasteiger partial charge >= 0.3 is 12.1 Å². The molecule has 0 aliphatic carbocycles. The van der Waals surface area contributed by atoms with Gasteiger partial charge in [0.15, 0.2) is 5.69 Å². The number of anilines is 2. The second-order valence-corrected chi connectivity index (χ2v) is 8.42. The zero-order valence-electron chi connectivity index (χ0n) is 19.2. The van der Waals surface area contributed by atoms with E-state index < -0.39 is 29.2 Å².